The predicted molar refractivity (Wildman–Crippen MR) is 163 cm³/mol. The van der Waals surface area contributed by atoms with E-state index < -0.39 is 21.5 Å². The molecule has 0 bridgehead atoms. The summed E-state index contributed by atoms with van der Waals surface area (Å²) in [5.74, 6) is 0.364. The van der Waals surface area contributed by atoms with Crippen LogP contribution in [0.15, 0.2) is 121 Å². The number of hydrogen-bond donors (Lipinski definition) is 3. The van der Waals surface area contributed by atoms with Gasteiger partial charge in [0, 0.05) is 17.8 Å². The van der Waals surface area contributed by atoms with Gasteiger partial charge in [0.25, 0.3) is 0 Å². The maximum absolute atomic E-state index is 12.6. The highest BCUT2D eigenvalue weighted by Crippen LogP contribution is 2.43. The normalized spacial score (nSPS) is 12.7. The molecule has 0 aliphatic rings. The molecule has 0 aliphatic heterocycles. The van der Waals surface area contributed by atoms with Gasteiger partial charge in [-0.1, -0.05) is 115 Å². The number of H-pyrrole nitrogens is 1. The maximum Gasteiger partial charge on any atom is 0.214 e. The number of halogens is 1. The zero-order valence-corrected chi connectivity index (χ0v) is 24.0. The number of aliphatic hydroxyl groups is 1. The number of aromatic nitrogens is 2. The van der Waals surface area contributed by atoms with Crippen molar-refractivity contribution in [3.8, 4) is 0 Å². The van der Waals surface area contributed by atoms with E-state index in [0.29, 0.717) is 11.4 Å². The van der Waals surface area contributed by atoms with Gasteiger partial charge < -0.3 is 10.1 Å². The molecule has 0 spiro atoms. The van der Waals surface area contributed by atoms with Crippen LogP contribution in [0.25, 0.3) is 0 Å². The lowest BCUT2D eigenvalue weighted by Crippen LogP contribution is -2.32. The van der Waals surface area contributed by atoms with Gasteiger partial charge >= 0.3 is 0 Å². The van der Waals surface area contributed by atoms with E-state index >= 15 is 0 Å². The molecule has 0 saturated heterocycles. The number of imidazole rings is 1. The van der Waals surface area contributed by atoms with Crippen molar-refractivity contribution >= 4 is 21.6 Å². The Morgan fingerprint density at radius 1 is 0.805 bits per heavy atom. The molecule has 0 aliphatic carbocycles. The average Bonchev–Trinajstić information content (AvgIpc) is 3.47. The van der Waals surface area contributed by atoms with Gasteiger partial charge in [0.05, 0.1) is 17.6 Å². The molecule has 0 saturated carbocycles. The largest absolute Gasteiger partial charge is 0.392 e. The first-order chi connectivity index (χ1) is 19.9. The number of aliphatic hydroxyl groups excluding tert-OH is 1. The quantitative estimate of drug-likeness (QED) is 0.160. The Balaban J connectivity index is 1.35. The Morgan fingerprint density at radius 2 is 1.32 bits per heavy atom. The van der Waals surface area contributed by atoms with E-state index in [1.807, 2.05) is 60.8 Å². The summed E-state index contributed by atoms with van der Waals surface area (Å²) in [6, 6.07) is 37.7. The number of aryl methyl sites for hydroxylation is 1. The van der Waals surface area contributed by atoms with E-state index in [4.69, 9.17) is 16.6 Å². The minimum Gasteiger partial charge on any atom is -0.392 e. The first-order valence-electron chi connectivity index (χ1n) is 13.5. The van der Waals surface area contributed by atoms with Crippen LogP contribution in [0, 0.1) is 0 Å². The summed E-state index contributed by atoms with van der Waals surface area (Å²) in [5, 5.41) is 11.2. The highest BCUT2D eigenvalue weighted by molar-refractivity contribution is 7.89. The molecule has 41 heavy (non-hydrogen) atoms. The molecule has 5 aromatic rings. The first kappa shape index (κ1) is 28.8. The van der Waals surface area contributed by atoms with Crippen molar-refractivity contribution in [3.63, 3.8) is 0 Å². The molecule has 6 nitrogen and oxygen atoms in total. The molecular weight excluding hydrogens is 554 g/mol. The zero-order chi connectivity index (χ0) is 28.7. The lowest BCUT2D eigenvalue weighted by atomic mass is 9.69. The summed E-state index contributed by atoms with van der Waals surface area (Å²) in [5.41, 5.74) is 4.03. The number of nitrogens with one attached hydrogen (secondary N) is 2. The minimum atomic E-state index is -3.68. The molecular formula is C33H32ClN3O3S. The lowest BCUT2D eigenvalue weighted by molar-refractivity contribution is 0.186. The van der Waals surface area contributed by atoms with Crippen molar-refractivity contribution in [1.82, 2.24) is 14.7 Å². The molecule has 1 heterocycles. The van der Waals surface area contributed by atoms with Crippen molar-refractivity contribution in [2.75, 3.05) is 5.75 Å². The van der Waals surface area contributed by atoms with Gasteiger partial charge in [-0.15, -0.1) is 0 Å². The van der Waals surface area contributed by atoms with Crippen molar-refractivity contribution in [1.29, 1.82) is 0 Å². The number of hydrogen-bond acceptors (Lipinski definition) is 4. The van der Waals surface area contributed by atoms with E-state index in [-0.39, 0.29) is 18.7 Å². The van der Waals surface area contributed by atoms with Crippen LogP contribution in [0.5, 0.6) is 0 Å². The third kappa shape index (κ3) is 6.77. The van der Waals surface area contributed by atoms with Crippen molar-refractivity contribution in [2.45, 2.75) is 30.9 Å². The van der Waals surface area contributed by atoms with Crippen molar-refractivity contribution in [3.05, 3.63) is 160 Å². The summed E-state index contributed by atoms with van der Waals surface area (Å²) in [6.07, 6.45) is 1.47. The maximum atomic E-state index is 12.6. The van der Waals surface area contributed by atoms with Gasteiger partial charge in [-0.2, -0.15) is 0 Å². The molecule has 0 radical (unpaired) electrons. The number of benzene rings is 4. The standard InChI is InChI=1S/C33H32ClN3O3S/c34-29-18-16-25(17-19-29)22-36-41(39,40)24-31(38)21-20-30-23-35-32(37-30)33(26-10-4-1-5-11-26,27-12-6-2-7-13-27)28-14-8-3-9-15-28/h1-19,23,31,36,38H,20-22,24H2,(H,35,37). The first-order valence-corrected chi connectivity index (χ1v) is 15.5. The highest BCUT2D eigenvalue weighted by atomic mass is 35.5. The minimum absolute atomic E-state index is 0.134. The number of nitrogens with zero attached hydrogens (tertiary/aromatic N) is 1. The second kappa shape index (κ2) is 12.8. The van der Waals surface area contributed by atoms with Crippen LogP contribution < -0.4 is 4.72 Å². The van der Waals surface area contributed by atoms with Gasteiger partial charge in [-0.3, -0.25) is 0 Å². The number of sulfonamides is 1. The third-order valence-corrected chi connectivity index (χ3v) is 8.82. The molecule has 3 N–H and O–H groups in total. The monoisotopic (exact) mass is 585 g/mol. The molecule has 1 unspecified atom stereocenters. The molecule has 4 aromatic carbocycles. The van der Waals surface area contributed by atoms with E-state index in [1.54, 1.807) is 24.3 Å². The number of aromatic amines is 1. The SMILES string of the molecule is O=S(=O)(CC(O)CCc1c[nH]c(C(c2ccccc2)(c2ccccc2)c2ccccc2)n1)NCc1ccc(Cl)cc1. The molecule has 1 aromatic heterocycles. The summed E-state index contributed by atoms with van der Waals surface area (Å²) in [4.78, 5) is 8.44. The molecule has 210 valence electrons. The lowest BCUT2D eigenvalue weighted by Gasteiger charge is -2.34. The van der Waals surface area contributed by atoms with Crippen LogP contribution in [0.3, 0.4) is 0 Å². The van der Waals surface area contributed by atoms with Gasteiger partial charge in [0.2, 0.25) is 10.0 Å². The smallest absolute Gasteiger partial charge is 0.214 e. The van der Waals surface area contributed by atoms with Crippen LogP contribution in [0.1, 0.15) is 40.2 Å². The van der Waals surface area contributed by atoms with E-state index in [2.05, 4.69) is 46.1 Å². The predicted octanol–water partition coefficient (Wildman–Crippen LogP) is 5.86. The summed E-state index contributed by atoms with van der Waals surface area (Å²) in [6.45, 7) is 0.134. The topological polar surface area (TPSA) is 95.1 Å². The van der Waals surface area contributed by atoms with Gasteiger partial charge in [0.15, 0.2) is 0 Å². The number of rotatable bonds is 12. The van der Waals surface area contributed by atoms with Crippen molar-refractivity contribution in [2.24, 2.45) is 0 Å². The fourth-order valence-corrected chi connectivity index (χ4v) is 6.46. The van der Waals surface area contributed by atoms with E-state index in [0.717, 1.165) is 33.8 Å². The average molecular weight is 586 g/mol. The Morgan fingerprint density at radius 3 is 1.83 bits per heavy atom. The van der Waals surface area contributed by atoms with Gasteiger partial charge in [0.1, 0.15) is 11.2 Å². The van der Waals surface area contributed by atoms with Crippen molar-refractivity contribution < 1.29 is 13.5 Å². The third-order valence-electron chi connectivity index (χ3n) is 7.16. The van der Waals surface area contributed by atoms with E-state index in [1.165, 1.54) is 0 Å². The van der Waals surface area contributed by atoms with Crippen LogP contribution >= 0.6 is 11.6 Å². The van der Waals surface area contributed by atoms with Crippen LogP contribution in [-0.2, 0) is 28.4 Å². The Bertz CT molecular complexity index is 1550. The van der Waals surface area contributed by atoms with Gasteiger partial charge in [-0.05, 0) is 47.2 Å². The highest BCUT2D eigenvalue weighted by Gasteiger charge is 2.40. The van der Waals surface area contributed by atoms with Crippen LogP contribution in [0.2, 0.25) is 5.02 Å². The fraction of sp³-hybridized carbons (Fsp3) is 0.182. The van der Waals surface area contributed by atoms with Crippen LogP contribution in [-0.4, -0.2) is 35.3 Å². The molecule has 8 heteroatoms. The Kier molecular flexibility index (Phi) is 9.00. The summed E-state index contributed by atoms with van der Waals surface area (Å²) in [7, 11) is -3.68. The molecule has 0 amide bonds. The fourth-order valence-electron chi connectivity index (χ4n) is 5.16. The second-order valence-corrected chi connectivity index (χ2v) is 12.3. The molecule has 5 rings (SSSR count). The Hall–Kier alpha value is -3.75. The summed E-state index contributed by atoms with van der Waals surface area (Å²) < 4.78 is 27.7. The van der Waals surface area contributed by atoms with E-state index in [9.17, 15) is 13.5 Å². The second-order valence-electron chi connectivity index (χ2n) is 10.0. The Labute approximate surface area is 246 Å². The molecule has 0 fully saturated rings. The van der Waals surface area contributed by atoms with Crippen LogP contribution in [0.4, 0.5) is 0 Å². The summed E-state index contributed by atoms with van der Waals surface area (Å²) >= 11 is 5.90. The molecule has 1 atom stereocenters. The van der Waals surface area contributed by atoms with Gasteiger partial charge in [-0.25, -0.2) is 18.1 Å². The zero-order valence-electron chi connectivity index (χ0n) is 22.4.